The van der Waals surface area contributed by atoms with Gasteiger partial charge in [-0.05, 0) is 34.9 Å². The van der Waals surface area contributed by atoms with Gasteiger partial charge in [-0.1, -0.05) is 99.7 Å². The first kappa shape index (κ1) is 25.9. The minimum absolute atomic E-state index is 0.0141. The number of aliphatic hydroxyl groups excluding tert-OH is 1. The fraction of sp³-hybridized carbons (Fsp3) is 0.370. The predicted molar refractivity (Wildman–Crippen MR) is 134 cm³/mol. The van der Waals surface area contributed by atoms with Gasteiger partial charge in [-0.15, -0.1) is 0 Å². The number of carbonyl (C=O) groups is 1. The van der Waals surface area contributed by atoms with Crippen molar-refractivity contribution in [2.75, 3.05) is 6.61 Å². The number of hydrogen-bond donors (Lipinski definition) is 2. The van der Waals surface area contributed by atoms with Gasteiger partial charge in [0.1, 0.15) is 12.1 Å². The van der Waals surface area contributed by atoms with Crippen LogP contribution in [0.5, 0.6) is 0 Å². The van der Waals surface area contributed by atoms with Crippen molar-refractivity contribution in [2.24, 2.45) is 0 Å². The standard InChI is InChI=1S/C27H33NO5S/c1-2-3-4-5-6-12-19-33-27(30)25(26(29)22-14-8-7-9-15-22)28-34(31,32)24-18-17-21-13-10-11-16-23(21)20-24/h7-11,13-18,20,25-26,28-29H,2-6,12,19H2,1H3/t25-,26+/m0/s1. The summed E-state index contributed by atoms with van der Waals surface area (Å²) >= 11 is 0. The fourth-order valence-electron chi connectivity index (χ4n) is 3.80. The molecule has 2 atom stereocenters. The molecule has 6 nitrogen and oxygen atoms in total. The highest BCUT2D eigenvalue weighted by atomic mass is 32.2. The number of aliphatic hydroxyl groups is 1. The molecule has 7 heteroatoms. The van der Waals surface area contributed by atoms with Gasteiger partial charge in [0.15, 0.2) is 0 Å². The van der Waals surface area contributed by atoms with Crippen molar-refractivity contribution in [3.63, 3.8) is 0 Å². The molecule has 3 aromatic rings. The molecule has 3 aromatic carbocycles. The van der Waals surface area contributed by atoms with Crippen LogP contribution in [0.3, 0.4) is 0 Å². The van der Waals surface area contributed by atoms with E-state index < -0.39 is 28.1 Å². The summed E-state index contributed by atoms with van der Waals surface area (Å²) in [6.07, 6.45) is 4.78. The monoisotopic (exact) mass is 483 g/mol. The Bertz CT molecular complexity index is 1160. The molecule has 0 unspecified atom stereocenters. The highest BCUT2D eigenvalue weighted by molar-refractivity contribution is 7.89. The zero-order valence-electron chi connectivity index (χ0n) is 19.5. The average molecular weight is 484 g/mol. The number of hydrogen-bond acceptors (Lipinski definition) is 5. The Morgan fingerprint density at radius 3 is 2.26 bits per heavy atom. The third kappa shape index (κ3) is 7.13. The van der Waals surface area contributed by atoms with Gasteiger partial charge in [0.2, 0.25) is 10.0 Å². The van der Waals surface area contributed by atoms with Crippen molar-refractivity contribution in [3.8, 4) is 0 Å². The van der Waals surface area contributed by atoms with Crippen molar-refractivity contribution in [2.45, 2.75) is 62.5 Å². The zero-order valence-corrected chi connectivity index (χ0v) is 20.3. The number of esters is 1. The first-order valence-electron chi connectivity index (χ1n) is 11.8. The summed E-state index contributed by atoms with van der Waals surface area (Å²) in [5.41, 5.74) is 0.422. The van der Waals surface area contributed by atoms with E-state index in [-0.39, 0.29) is 11.5 Å². The molecule has 0 spiro atoms. The highest BCUT2D eigenvalue weighted by Crippen LogP contribution is 2.23. The number of ether oxygens (including phenoxy) is 1. The van der Waals surface area contributed by atoms with Crippen molar-refractivity contribution >= 4 is 26.8 Å². The van der Waals surface area contributed by atoms with Crippen molar-refractivity contribution in [3.05, 3.63) is 78.4 Å². The van der Waals surface area contributed by atoms with E-state index in [2.05, 4.69) is 11.6 Å². The number of unbranched alkanes of at least 4 members (excludes halogenated alkanes) is 5. The van der Waals surface area contributed by atoms with Crippen LogP contribution in [0, 0.1) is 0 Å². The molecule has 2 N–H and O–H groups in total. The minimum Gasteiger partial charge on any atom is -0.464 e. The van der Waals surface area contributed by atoms with E-state index in [9.17, 15) is 18.3 Å². The van der Waals surface area contributed by atoms with Gasteiger partial charge in [-0.3, -0.25) is 4.79 Å². The molecule has 0 bridgehead atoms. The maximum atomic E-state index is 13.2. The second-order valence-corrected chi connectivity index (χ2v) is 10.1. The van der Waals surface area contributed by atoms with E-state index in [0.717, 1.165) is 36.5 Å². The topological polar surface area (TPSA) is 92.7 Å². The molecule has 0 aliphatic heterocycles. The van der Waals surface area contributed by atoms with E-state index in [1.165, 1.54) is 12.5 Å². The van der Waals surface area contributed by atoms with Crippen LogP contribution in [0.4, 0.5) is 0 Å². The van der Waals surface area contributed by atoms with Gasteiger partial charge in [0.05, 0.1) is 11.5 Å². The summed E-state index contributed by atoms with van der Waals surface area (Å²) in [5, 5.41) is 12.6. The molecule has 0 saturated carbocycles. The average Bonchev–Trinajstić information content (AvgIpc) is 2.86. The quantitative estimate of drug-likeness (QED) is 0.260. The summed E-state index contributed by atoms with van der Waals surface area (Å²) in [6, 6.07) is 19.2. The molecule has 182 valence electrons. The molecule has 34 heavy (non-hydrogen) atoms. The van der Waals surface area contributed by atoms with Gasteiger partial charge < -0.3 is 9.84 Å². The lowest BCUT2D eigenvalue weighted by atomic mass is 10.0. The Labute approximate surface area is 202 Å². The maximum absolute atomic E-state index is 13.2. The van der Waals surface area contributed by atoms with E-state index >= 15 is 0 Å². The van der Waals surface area contributed by atoms with Crippen molar-refractivity contribution < 1.29 is 23.1 Å². The maximum Gasteiger partial charge on any atom is 0.327 e. The van der Waals surface area contributed by atoms with Crippen LogP contribution in [0.2, 0.25) is 0 Å². The number of benzene rings is 3. The second kappa shape index (κ2) is 12.6. The Balaban J connectivity index is 1.75. The summed E-state index contributed by atoms with van der Waals surface area (Å²) in [7, 11) is -4.11. The highest BCUT2D eigenvalue weighted by Gasteiger charge is 2.34. The molecule has 0 radical (unpaired) electrons. The molecular weight excluding hydrogens is 450 g/mol. The van der Waals surface area contributed by atoms with Gasteiger partial charge >= 0.3 is 5.97 Å². The number of fused-ring (bicyclic) bond motifs is 1. The molecule has 0 fully saturated rings. The largest absolute Gasteiger partial charge is 0.464 e. The molecule has 0 amide bonds. The fourth-order valence-corrected chi connectivity index (χ4v) is 5.02. The first-order chi connectivity index (χ1) is 16.4. The third-order valence-corrected chi connectivity index (χ3v) is 7.21. The van der Waals surface area contributed by atoms with E-state index in [1.54, 1.807) is 42.5 Å². The van der Waals surface area contributed by atoms with Crippen molar-refractivity contribution in [1.82, 2.24) is 4.72 Å². The smallest absolute Gasteiger partial charge is 0.327 e. The summed E-state index contributed by atoms with van der Waals surface area (Å²) in [4.78, 5) is 12.9. The van der Waals surface area contributed by atoms with Gasteiger partial charge in [-0.2, -0.15) is 4.72 Å². The summed E-state index contributed by atoms with van der Waals surface area (Å²) in [6.45, 7) is 2.33. The molecular formula is C27H33NO5S. The van der Waals surface area contributed by atoms with E-state index in [1.807, 2.05) is 24.3 Å². The lowest BCUT2D eigenvalue weighted by molar-refractivity contribution is -0.148. The number of rotatable bonds is 13. The lowest BCUT2D eigenvalue weighted by Gasteiger charge is -2.23. The van der Waals surface area contributed by atoms with Crippen LogP contribution in [0.25, 0.3) is 10.8 Å². The zero-order chi connectivity index (χ0) is 24.4. The number of sulfonamides is 1. The molecule has 0 aromatic heterocycles. The molecule has 0 heterocycles. The van der Waals surface area contributed by atoms with Crippen LogP contribution in [0.1, 0.15) is 57.1 Å². The van der Waals surface area contributed by atoms with Crippen LogP contribution in [0.15, 0.2) is 77.7 Å². The Morgan fingerprint density at radius 2 is 1.53 bits per heavy atom. The predicted octanol–water partition coefficient (Wildman–Crippen LogP) is 5.12. The second-order valence-electron chi connectivity index (χ2n) is 8.40. The lowest BCUT2D eigenvalue weighted by Crippen LogP contribution is -2.46. The van der Waals surface area contributed by atoms with Gasteiger partial charge in [0.25, 0.3) is 0 Å². The van der Waals surface area contributed by atoms with Crippen LogP contribution < -0.4 is 4.72 Å². The SMILES string of the molecule is CCCCCCCCOC(=O)[C@@H](NS(=O)(=O)c1ccc2ccccc2c1)[C@H](O)c1ccccc1. The molecule has 3 rings (SSSR count). The summed E-state index contributed by atoms with van der Waals surface area (Å²) < 4.78 is 34.1. The molecule has 0 aliphatic carbocycles. The van der Waals surface area contributed by atoms with Crippen LogP contribution in [-0.4, -0.2) is 32.1 Å². The van der Waals surface area contributed by atoms with E-state index in [0.29, 0.717) is 12.0 Å². The normalized spacial score (nSPS) is 13.5. The number of nitrogens with one attached hydrogen (secondary N) is 1. The minimum atomic E-state index is -4.11. The van der Waals surface area contributed by atoms with Gasteiger partial charge in [-0.25, -0.2) is 8.42 Å². The molecule has 0 saturated heterocycles. The van der Waals surface area contributed by atoms with Crippen molar-refractivity contribution in [1.29, 1.82) is 0 Å². The molecule has 0 aliphatic rings. The van der Waals surface area contributed by atoms with Crippen LogP contribution >= 0.6 is 0 Å². The Kier molecular flexibility index (Phi) is 9.62. The van der Waals surface area contributed by atoms with Crippen LogP contribution in [-0.2, 0) is 19.6 Å². The van der Waals surface area contributed by atoms with E-state index in [4.69, 9.17) is 4.74 Å². The number of carbonyl (C=O) groups excluding carboxylic acids is 1. The third-order valence-electron chi connectivity index (χ3n) is 5.77. The van der Waals surface area contributed by atoms with Gasteiger partial charge in [0, 0.05) is 0 Å². The Hall–Kier alpha value is -2.74. The first-order valence-corrected chi connectivity index (χ1v) is 13.3. The Morgan fingerprint density at radius 1 is 0.882 bits per heavy atom. The summed E-state index contributed by atoms with van der Waals surface area (Å²) in [5.74, 6) is -0.797.